The minimum absolute atomic E-state index is 0.0189. The molecule has 0 heterocycles. The number of hydrogen-bond acceptors (Lipinski definition) is 4. The topological polar surface area (TPSA) is 56.8 Å². The molecule has 0 atom stereocenters. The van der Waals surface area contributed by atoms with Gasteiger partial charge in [-0.2, -0.15) is 0 Å². The molecule has 1 amide bonds. The molecule has 19 heavy (non-hydrogen) atoms. The zero-order valence-corrected chi connectivity index (χ0v) is 11.4. The Bertz CT molecular complexity index is 350. The Morgan fingerprint density at radius 3 is 2.37 bits per heavy atom. The number of ether oxygens (including phenoxy) is 3. The van der Waals surface area contributed by atoms with Crippen LogP contribution in [0.2, 0.25) is 0 Å². The van der Waals surface area contributed by atoms with Crippen LogP contribution in [-0.2, 0) is 14.3 Å². The van der Waals surface area contributed by atoms with Gasteiger partial charge in [-0.25, -0.2) is 0 Å². The molecule has 1 N–H and O–H groups in total. The van der Waals surface area contributed by atoms with Gasteiger partial charge in [-0.1, -0.05) is 18.2 Å². The first-order valence-electron chi connectivity index (χ1n) is 6.44. The average molecular weight is 267 g/mol. The van der Waals surface area contributed by atoms with Crippen LogP contribution in [-0.4, -0.2) is 38.6 Å². The van der Waals surface area contributed by atoms with E-state index in [1.54, 1.807) is 12.1 Å². The highest BCUT2D eigenvalue weighted by Gasteiger charge is 2.10. The monoisotopic (exact) mass is 267 g/mol. The predicted octanol–water partition coefficient (Wildman–Crippen LogP) is 1.58. The van der Waals surface area contributed by atoms with E-state index in [4.69, 9.17) is 14.2 Å². The van der Waals surface area contributed by atoms with Crippen LogP contribution in [0.1, 0.15) is 13.8 Å². The van der Waals surface area contributed by atoms with E-state index in [1.165, 1.54) is 0 Å². The Morgan fingerprint density at radius 1 is 1.16 bits per heavy atom. The van der Waals surface area contributed by atoms with Crippen LogP contribution in [0.5, 0.6) is 5.75 Å². The van der Waals surface area contributed by atoms with Gasteiger partial charge in [0.2, 0.25) is 0 Å². The summed E-state index contributed by atoms with van der Waals surface area (Å²) in [5.41, 5.74) is 0. The van der Waals surface area contributed by atoms with Gasteiger partial charge in [0, 0.05) is 13.2 Å². The maximum atomic E-state index is 11.6. The lowest BCUT2D eigenvalue weighted by molar-refractivity contribution is -0.141. The van der Waals surface area contributed by atoms with Crippen molar-refractivity contribution in [3.63, 3.8) is 0 Å². The minimum atomic E-state index is -0.407. The number of benzene rings is 1. The molecule has 5 heteroatoms. The second kappa shape index (κ2) is 9.35. The fraction of sp³-hybridized carbons (Fsp3) is 0.500. The first kappa shape index (κ1) is 15.5. The van der Waals surface area contributed by atoms with Gasteiger partial charge >= 0.3 is 0 Å². The lowest BCUT2D eigenvalue weighted by Gasteiger charge is -2.17. The third-order valence-electron chi connectivity index (χ3n) is 2.28. The van der Waals surface area contributed by atoms with Gasteiger partial charge in [0.05, 0.1) is 6.54 Å². The molecule has 0 aliphatic carbocycles. The molecule has 106 valence electrons. The average Bonchev–Trinajstić information content (AvgIpc) is 2.44. The van der Waals surface area contributed by atoms with Crippen molar-refractivity contribution >= 4 is 5.91 Å². The second-order valence-corrected chi connectivity index (χ2v) is 3.75. The summed E-state index contributed by atoms with van der Waals surface area (Å²) in [6.07, 6.45) is -0.407. The maximum absolute atomic E-state index is 11.6. The smallest absolute Gasteiger partial charge is 0.258 e. The molecule has 0 radical (unpaired) electrons. The van der Waals surface area contributed by atoms with Gasteiger partial charge in [-0.05, 0) is 26.0 Å². The van der Waals surface area contributed by atoms with Crippen molar-refractivity contribution in [3.8, 4) is 5.75 Å². The lowest BCUT2D eigenvalue weighted by Crippen LogP contribution is -2.37. The molecule has 1 aromatic rings. The normalized spacial score (nSPS) is 10.5. The van der Waals surface area contributed by atoms with Crippen molar-refractivity contribution in [2.75, 3.05) is 26.4 Å². The Kier molecular flexibility index (Phi) is 7.62. The highest BCUT2D eigenvalue weighted by molar-refractivity contribution is 5.77. The molecule has 0 aliphatic heterocycles. The van der Waals surface area contributed by atoms with Crippen molar-refractivity contribution in [3.05, 3.63) is 30.3 Å². The largest absolute Gasteiger partial charge is 0.484 e. The van der Waals surface area contributed by atoms with E-state index in [9.17, 15) is 4.79 Å². The fourth-order valence-corrected chi connectivity index (χ4v) is 1.45. The third kappa shape index (κ3) is 6.79. The van der Waals surface area contributed by atoms with Crippen LogP contribution in [0.15, 0.2) is 30.3 Å². The number of para-hydroxylation sites is 1. The summed E-state index contributed by atoms with van der Waals surface area (Å²) in [6.45, 7) is 5.15. The van der Waals surface area contributed by atoms with Gasteiger partial charge < -0.3 is 19.5 Å². The molecule has 0 unspecified atom stereocenters. The Balaban J connectivity index is 2.23. The Labute approximate surface area is 113 Å². The summed E-state index contributed by atoms with van der Waals surface area (Å²) >= 11 is 0. The van der Waals surface area contributed by atoms with Crippen molar-refractivity contribution in [2.45, 2.75) is 20.1 Å². The molecule has 1 aromatic carbocycles. The Hall–Kier alpha value is -1.59. The zero-order valence-electron chi connectivity index (χ0n) is 11.4. The molecule has 0 fully saturated rings. The zero-order chi connectivity index (χ0) is 13.9. The number of nitrogens with one attached hydrogen (secondary N) is 1. The molecular weight excluding hydrogens is 246 g/mol. The quantitative estimate of drug-likeness (QED) is 0.690. The van der Waals surface area contributed by atoms with Gasteiger partial charge in [-0.3, -0.25) is 4.79 Å². The molecular formula is C14H21NO4. The second-order valence-electron chi connectivity index (χ2n) is 3.75. The molecule has 1 rings (SSSR count). The van der Waals surface area contributed by atoms with Crippen molar-refractivity contribution in [1.29, 1.82) is 0 Å². The van der Waals surface area contributed by atoms with Crippen molar-refractivity contribution < 1.29 is 19.0 Å². The van der Waals surface area contributed by atoms with Gasteiger partial charge in [0.25, 0.3) is 5.91 Å². The SMILES string of the molecule is CCOC(CNC(=O)COc1ccccc1)OCC. The summed E-state index contributed by atoms with van der Waals surface area (Å²) in [5, 5.41) is 2.71. The van der Waals surface area contributed by atoms with Crippen LogP contribution in [0.25, 0.3) is 0 Å². The van der Waals surface area contributed by atoms with E-state index in [0.29, 0.717) is 25.5 Å². The fourth-order valence-electron chi connectivity index (χ4n) is 1.45. The van der Waals surface area contributed by atoms with Crippen molar-refractivity contribution in [1.82, 2.24) is 5.32 Å². The van der Waals surface area contributed by atoms with Crippen LogP contribution >= 0.6 is 0 Å². The minimum Gasteiger partial charge on any atom is -0.484 e. The van der Waals surface area contributed by atoms with Crippen LogP contribution < -0.4 is 10.1 Å². The highest BCUT2D eigenvalue weighted by atomic mass is 16.7. The van der Waals surface area contributed by atoms with E-state index in [1.807, 2.05) is 32.0 Å². The predicted molar refractivity (Wildman–Crippen MR) is 72.0 cm³/mol. The van der Waals surface area contributed by atoms with Gasteiger partial charge in [0.15, 0.2) is 12.9 Å². The molecule has 0 saturated heterocycles. The van der Waals surface area contributed by atoms with Crippen LogP contribution in [0.4, 0.5) is 0 Å². The van der Waals surface area contributed by atoms with E-state index < -0.39 is 6.29 Å². The van der Waals surface area contributed by atoms with E-state index in [-0.39, 0.29) is 12.5 Å². The molecule has 0 spiro atoms. The van der Waals surface area contributed by atoms with E-state index >= 15 is 0 Å². The first-order valence-corrected chi connectivity index (χ1v) is 6.44. The van der Waals surface area contributed by atoms with Crippen LogP contribution in [0.3, 0.4) is 0 Å². The lowest BCUT2D eigenvalue weighted by atomic mass is 10.3. The van der Waals surface area contributed by atoms with Crippen LogP contribution in [0, 0.1) is 0 Å². The molecule has 0 saturated carbocycles. The summed E-state index contributed by atoms with van der Waals surface area (Å²) in [5.74, 6) is 0.470. The van der Waals surface area contributed by atoms with E-state index in [2.05, 4.69) is 5.32 Å². The number of carbonyl (C=O) groups is 1. The molecule has 0 aromatic heterocycles. The molecule has 0 aliphatic rings. The standard InChI is InChI=1S/C14H21NO4/c1-3-17-14(18-4-2)10-15-13(16)11-19-12-8-6-5-7-9-12/h5-9,14H,3-4,10-11H2,1-2H3,(H,15,16). The first-order chi connectivity index (χ1) is 9.26. The Morgan fingerprint density at radius 2 is 1.79 bits per heavy atom. The van der Waals surface area contributed by atoms with Crippen molar-refractivity contribution in [2.24, 2.45) is 0 Å². The van der Waals surface area contributed by atoms with E-state index in [0.717, 1.165) is 0 Å². The number of rotatable bonds is 9. The maximum Gasteiger partial charge on any atom is 0.258 e. The van der Waals surface area contributed by atoms with Gasteiger partial charge in [0.1, 0.15) is 5.75 Å². The molecule has 0 bridgehead atoms. The highest BCUT2D eigenvalue weighted by Crippen LogP contribution is 2.07. The van der Waals surface area contributed by atoms with Gasteiger partial charge in [-0.15, -0.1) is 0 Å². The number of hydrogen-bond donors (Lipinski definition) is 1. The third-order valence-corrected chi connectivity index (χ3v) is 2.28. The number of carbonyl (C=O) groups excluding carboxylic acids is 1. The summed E-state index contributed by atoms with van der Waals surface area (Å²) in [4.78, 5) is 11.6. The summed E-state index contributed by atoms with van der Waals surface area (Å²) in [7, 11) is 0. The number of amides is 1. The summed E-state index contributed by atoms with van der Waals surface area (Å²) in [6, 6.07) is 9.20. The molecule has 5 nitrogen and oxygen atoms in total. The summed E-state index contributed by atoms with van der Waals surface area (Å²) < 4.78 is 16.0.